The van der Waals surface area contributed by atoms with Gasteiger partial charge in [0.25, 0.3) is 0 Å². The van der Waals surface area contributed by atoms with Gasteiger partial charge in [0.2, 0.25) is 0 Å². The van der Waals surface area contributed by atoms with Crippen LogP contribution in [0.2, 0.25) is 0 Å². The van der Waals surface area contributed by atoms with Gasteiger partial charge in [-0.15, -0.1) is 0 Å². The summed E-state index contributed by atoms with van der Waals surface area (Å²) in [5, 5.41) is 9.12. The van der Waals surface area contributed by atoms with E-state index < -0.39 is 5.97 Å². The van der Waals surface area contributed by atoms with E-state index in [1.54, 1.807) is 6.07 Å². The number of aromatic carboxylic acids is 1. The Kier molecular flexibility index (Phi) is 5.09. The Bertz CT molecular complexity index is 419. The Hall–Kier alpha value is -1.62. The molecule has 0 aromatic carbocycles. The van der Waals surface area contributed by atoms with Gasteiger partial charge in [0.15, 0.2) is 0 Å². The van der Waals surface area contributed by atoms with Crippen LogP contribution in [0, 0.1) is 6.92 Å². The van der Waals surface area contributed by atoms with Crippen molar-refractivity contribution in [3.63, 3.8) is 0 Å². The summed E-state index contributed by atoms with van der Waals surface area (Å²) >= 11 is 0. The number of aromatic nitrogens is 1. The van der Waals surface area contributed by atoms with Gasteiger partial charge in [0.1, 0.15) is 5.56 Å². The van der Waals surface area contributed by atoms with Crippen molar-refractivity contribution in [3.8, 4) is 0 Å². The topological polar surface area (TPSA) is 62.7 Å². The van der Waals surface area contributed by atoms with E-state index in [-0.39, 0.29) is 11.7 Å². The van der Waals surface area contributed by atoms with Crippen LogP contribution in [0.25, 0.3) is 0 Å². The number of aryl methyl sites for hydroxylation is 1. The molecule has 0 saturated heterocycles. The highest BCUT2D eigenvalue weighted by Crippen LogP contribution is 2.19. The number of ether oxygens (including phenoxy) is 1. The molecule has 0 aliphatic rings. The molecule has 0 atom stereocenters. The van der Waals surface area contributed by atoms with Crippen LogP contribution < -0.4 is 4.90 Å². The molecule has 1 aromatic rings. The van der Waals surface area contributed by atoms with Gasteiger partial charge in [-0.2, -0.15) is 0 Å². The fraction of sp³-hybridized carbons (Fsp3) is 0.538. The van der Waals surface area contributed by atoms with Crippen molar-refractivity contribution in [1.82, 2.24) is 4.98 Å². The molecule has 5 nitrogen and oxygen atoms in total. The summed E-state index contributed by atoms with van der Waals surface area (Å²) in [7, 11) is 1.85. The van der Waals surface area contributed by atoms with Gasteiger partial charge in [0, 0.05) is 25.5 Å². The third kappa shape index (κ3) is 4.00. The molecular weight excluding hydrogens is 232 g/mol. The normalized spacial score (nSPS) is 10.7. The van der Waals surface area contributed by atoms with Crippen LogP contribution in [-0.2, 0) is 4.74 Å². The molecule has 5 heteroatoms. The molecule has 0 aliphatic heterocycles. The van der Waals surface area contributed by atoms with Crippen LogP contribution in [0.3, 0.4) is 0 Å². The fourth-order valence-corrected chi connectivity index (χ4v) is 1.57. The second kappa shape index (κ2) is 6.35. The van der Waals surface area contributed by atoms with Crippen molar-refractivity contribution in [2.24, 2.45) is 0 Å². The number of carbonyl (C=O) groups is 1. The molecule has 18 heavy (non-hydrogen) atoms. The number of rotatable bonds is 6. The molecule has 1 N–H and O–H groups in total. The average Bonchev–Trinajstić information content (AvgIpc) is 2.27. The van der Waals surface area contributed by atoms with E-state index in [4.69, 9.17) is 9.84 Å². The molecule has 0 saturated carbocycles. The Morgan fingerprint density at radius 1 is 1.56 bits per heavy atom. The van der Waals surface area contributed by atoms with Crippen molar-refractivity contribution >= 4 is 11.7 Å². The first-order chi connectivity index (χ1) is 8.41. The van der Waals surface area contributed by atoms with Gasteiger partial charge in [-0.3, -0.25) is 4.98 Å². The lowest BCUT2D eigenvalue weighted by Crippen LogP contribution is -2.25. The molecule has 1 heterocycles. The van der Waals surface area contributed by atoms with Gasteiger partial charge in [-0.1, -0.05) is 0 Å². The zero-order valence-electron chi connectivity index (χ0n) is 11.3. The lowest BCUT2D eigenvalue weighted by atomic mass is 10.2. The van der Waals surface area contributed by atoms with Crippen LogP contribution in [0.15, 0.2) is 12.3 Å². The third-order valence-electron chi connectivity index (χ3n) is 2.54. The fourth-order valence-electron chi connectivity index (χ4n) is 1.57. The monoisotopic (exact) mass is 252 g/mol. The van der Waals surface area contributed by atoms with E-state index in [9.17, 15) is 4.79 Å². The van der Waals surface area contributed by atoms with E-state index in [0.29, 0.717) is 18.8 Å². The summed E-state index contributed by atoms with van der Waals surface area (Å²) in [6, 6.07) is 1.78. The number of anilines is 1. The van der Waals surface area contributed by atoms with E-state index in [2.05, 4.69) is 4.98 Å². The minimum Gasteiger partial charge on any atom is -0.478 e. The molecule has 0 unspecified atom stereocenters. The molecule has 1 rings (SSSR count). The van der Waals surface area contributed by atoms with Gasteiger partial charge in [-0.05, 0) is 26.8 Å². The summed E-state index contributed by atoms with van der Waals surface area (Å²) in [5.41, 5.74) is 1.68. The summed E-state index contributed by atoms with van der Waals surface area (Å²) in [4.78, 5) is 17.0. The third-order valence-corrected chi connectivity index (χ3v) is 2.54. The van der Waals surface area contributed by atoms with Gasteiger partial charge < -0.3 is 14.7 Å². The summed E-state index contributed by atoms with van der Waals surface area (Å²) in [6.07, 6.45) is 1.57. The van der Waals surface area contributed by atoms with E-state index in [0.717, 1.165) is 5.69 Å². The number of carboxylic acid groups (broad SMARTS) is 1. The predicted octanol–water partition coefficient (Wildman–Crippen LogP) is 1.95. The van der Waals surface area contributed by atoms with Crippen molar-refractivity contribution in [1.29, 1.82) is 0 Å². The summed E-state index contributed by atoms with van der Waals surface area (Å²) in [5.74, 6) is -0.964. The molecule has 0 bridgehead atoms. The molecule has 0 spiro atoms. The smallest absolute Gasteiger partial charge is 0.339 e. The SMILES string of the molecule is Cc1cc(N(C)CCOC(C)C)c(C(=O)O)cn1. The maximum Gasteiger partial charge on any atom is 0.339 e. The second-order valence-electron chi connectivity index (χ2n) is 4.49. The van der Waals surface area contributed by atoms with Crippen molar-refractivity contribution in [2.45, 2.75) is 26.9 Å². The van der Waals surface area contributed by atoms with E-state index in [1.165, 1.54) is 6.20 Å². The molecule has 100 valence electrons. The largest absolute Gasteiger partial charge is 0.478 e. The Labute approximate surface area is 107 Å². The highest BCUT2D eigenvalue weighted by molar-refractivity contribution is 5.94. The zero-order chi connectivity index (χ0) is 13.7. The minimum atomic E-state index is -0.964. The summed E-state index contributed by atoms with van der Waals surface area (Å²) < 4.78 is 5.46. The van der Waals surface area contributed by atoms with Crippen LogP contribution >= 0.6 is 0 Å². The van der Waals surface area contributed by atoms with Crippen LogP contribution in [0.4, 0.5) is 5.69 Å². The molecular formula is C13H20N2O3. The minimum absolute atomic E-state index is 0.177. The lowest BCUT2D eigenvalue weighted by molar-refractivity contribution is 0.0695. The highest BCUT2D eigenvalue weighted by atomic mass is 16.5. The molecule has 0 aliphatic carbocycles. The predicted molar refractivity (Wildman–Crippen MR) is 70.3 cm³/mol. The first kappa shape index (κ1) is 14.4. The number of hydrogen-bond acceptors (Lipinski definition) is 4. The molecule has 0 fully saturated rings. The van der Waals surface area contributed by atoms with E-state index >= 15 is 0 Å². The van der Waals surface area contributed by atoms with Crippen molar-refractivity contribution in [2.75, 3.05) is 25.1 Å². The lowest BCUT2D eigenvalue weighted by Gasteiger charge is -2.22. The van der Waals surface area contributed by atoms with Crippen LogP contribution in [0.1, 0.15) is 29.9 Å². The second-order valence-corrected chi connectivity index (χ2v) is 4.49. The number of carboxylic acids is 1. The van der Waals surface area contributed by atoms with Crippen LogP contribution in [0.5, 0.6) is 0 Å². The molecule has 0 amide bonds. The maximum absolute atomic E-state index is 11.1. The van der Waals surface area contributed by atoms with Crippen molar-refractivity contribution < 1.29 is 14.6 Å². The number of nitrogens with zero attached hydrogens (tertiary/aromatic N) is 2. The van der Waals surface area contributed by atoms with Gasteiger partial charge >= 0.3 is 5.97 Å². The zero-order valence-corrected chi connectivity index (χ0v) is 11.3. The Morgan fingerprint density at radius 3 is 2.78 bits per heavy atom. The van der Waals surface area contributed by atoms with E-state index in [1.807, 2.05) is 32.7 Å². The standard InChI is InChI=1S/C13H20N2O3/c1-9(2)18-6-5-15(4)12-7-10(3)14-8-11(12)13(16)17/h7-9H,5-6H2,1-4H3,(H,16,17). The Balaban J connectivity index is 2.80. The van der Waals surface area contributed by atoms with Gasteiger partial charge in [-0.25, -0.2) is 4.79 Å². The van der Waals surface area contributed by atoms with Gasteiger partial charge in [0.05, 0.1) is 18.4 Å². The summed E-state index contributed by atoms with van der Waals surface area (Å²) in [6.45, 7) is 6.99. The average molecular weight is 252 g/mol. The number of likely N-dealkylation sites (N-methyl/N-ethyl adjacent to an activating group) is 1. The Morgan fingerprint density at radius 2 is 2.22 bits per heavy atom. The number of pyridine rings is 1. The molecule has 1 aromatic heterocycles. The highest BCUT2D eigenvalue weighted by Gasteiger charge is 2.14. The van der Waals surface area contributed by atoms with Crippen LogP contribution in [-0.4, -0.2) is 42.4 Å². The molecule has 0 radical (unpaired) electrons. The first-order valence-electron chi connectivity index (χ1n) is 5.94. The van der Waals surface area contributed by atoms with Crippen molar-refractivity contribution in [3.05, 3.63) is 23.5 Å². The maximum atomic E-state index is 11.1. The quantitative estimate of drug-likeness (QED) is 0.838. The number of hydrogen-bond donors (Lipinski definition) is 1. The first-order valence-corrected chi connectivity index (χ1v) is 5.94.